The molecule has 3 N–H and O–H groups in total. The number of ether oxygens (including phenoxy) is 1. The van der Waals surface area contributed by atoms with Crippen LogP contribution >= 0.6 is 23.2 Å². The summed E-state index contributed by atoms with van der Waals surface area (Å²) in [4.78, 5) is 4.21. The molecule has 0 spiro atoms. The number of benzene rings is 2. The van der Waals surface area contributed by atoms with E-state index in [0.717, 1.165) is 0 Å². The molecule has 2 heterocycles. The van der Waals surface area contributed by atoms with Gasteiger partial charge in [0.2, 0.25) is 15.8 Å². The molecule has 0 aliphatic rings. The summed E-state index contributed by atoms with van der Waals surface area (Å²) in [5.41, 5.74) is 8.40. The van der Waals surface area contributed by atoms with E-state index in [2.05, 4.69) is 9.71 Å². The monoisotopic (exact) mass is 523 g/mol. The molecule has 0 fully saturated rings. The van der Waals surface area contributed by atoms with Crippen LogP contribution in [0.3, 0.4) is 0 Å². The van der Waals surface area contributed by atoms with Gasteiger partial charge in [0, 0.05) is 28.0 Å². The number of hydrogen-bond acceptors (Lipinski definition) is 6. The maximum absolute atomic E-state index is 14.0. The highest BCUT2D eigenvalue weighted by atomic mass is 35.5. The fourth-order valence-electron chi connectivity index (χ4n) is 3.47. The van der Waals surface area contributed by atoms with Gasteiger partial charge in [-0.25, -0.2) is 17.8 Å². The Kier molecular flexibility index (Phi) is 6.62. The second-order valence-corrected chi connectivity index (χ2v) is 10.3. The topological polar surface area (TPSA) is 107 Å². The molecular formula is C23H20Cl2FN3O4S. The third kappa shape index (κ3) is 4.64. The molecule has 1 atom stereocenters. The number of nitrogens with zero attached hydrogens (tertiary/aromatic N) is 1. The lowest BCUT2D eigenvalue weighted by molar-refractivity contribution is 0.227. The van der Waals surface area contributed by atoms with Gasteiger partial charge in [-0.2, -0.15) is 0 Å². The van der Waals surface area contributed by atoms with Crippen molar-refractivity contribution in [3.63, 3.8) is 0 Å². The summed E-state index contributed by atoms with van der Waals surface area (Å²) >= 11 is 12.3. The third-order valence-electron chi connectivity index (χ3n) is 5.21. The number of rotatable bonds is 7. The molecule has 1 unspecified atom stereocenters. The molecule has 4 rings (SSSR count). The minimum atomic E-state index is -3.43. The van der Waals surface area contributed by atoms with Gasteiger partial charge in [-0.15, -0.1) is 0 Å². The summed E-state index contributed by atoms with van der Waals surface area (Å²) in [5.74, 6) is -0.462. The first-order valence-electron chi connectivity index (χ1n) is 10.2. The first kappa shape index (κ1) is 24.1. The van der Waals surface area contributed by atoms with E-state index < -0.39 is 21.9 Å². The van der Waals surface area contributed by atoms with Gasteiger partial charge in [0.15, 0.2) is 11.4 Å². The first-order chi connectivity index (χ1) is 16.1. The normalized spacial score (nSPS) is 12.6. The SMILES string of the molecule is CCS(=O)(=O)Nc1cccc(-c2coc3c(OC(C)c4c(Cl)ccc(F)c4Cl)c(N)ncc23)c1. The Bertz CT molecular complexity index is 1490. The van der Waals surface area contributed by atoms with Crippen molar-refractivity contribution in [3.8, 4) is 16.9 Å². The Balaban J connectivity index is 1.74. The van der Waals surface area contributed by atoms with E-state index >= 15 is 0 Å². The van der Waals surface area contributed by atoms with Crippen molar-refractivity contribution in [3.05, 3.63) is 70.3 Å². The summed E-state index contributed by atoms with van der Waals surface area (Å²) in [7, 11) is -3.43. The molecule has 0 aliphatic carbocycles. The summed E-state index contributed by atoms with van der Waals surface area (Å²) in [6.45, 7) is 3.20. The maximum atomic E-state index is 14.0. The van der Waals surface area contributed by atoms with Crippen LogP contribution in [0.2, 0.25) is 10.0 Å². The molecule has 0 saturated carbocycles. The summed E-state index contributed by atoms with van der Waals surface area (Å²) in [5, 5.41) is 0.678. The minimum absolute atomic E-state index is 0.0483. The van der Waals surface area contributed by atoms with E-state index in [9.17, 15) is 12.8 Å². The summed E-state index contributed by atoms with van der Waals surface area (Å²) < 4.78 is 52.2. The number of pyridine rings is 1. The Morgan fingerprint density at radius 2 is 2.03 bits per heavy atom. The highest BCUT2D eigenvalue weighted by Crippen LogP contribution is 2.41. The quantitative estimate of drug-likeness (QED) is 0.270. The predicted octanol–water partition coefficient (Wildman–Crippen LogP) is 6.42. The van der Waals surface area contributed by atoms with Crippen molar-refractivity contribution in [1.82, 2.24) is 4.98 Å². The van der Waals surface area contributed by atoms with Crippen LogP contribution in [0.5, 0.6) is 5.75 Å². The van der Waals surface area contributed by atoms with Crippen molar-refractivity contribution in [2.24, 2.45) is 0 Å². The lowest BCUT2D eigenvalue weighted by Gasteiger charge is -2.18. The number of anilines is 2. The summed E-state index contributed by atoms with van der Waals surface area (Å²) in [6, 6.07) is 9.43. The molecule has 11 heteroatoms. The van der Waals surface area contributed by atoms with E-state index in [-0.39, 0.29) is 32.9 Å². The Morgan fingerprint density at radius 3 is 2.76 bits per heavy atom. The van der Waals surface area contributed by atoms with E-state index in [4.69, 9.17) is 38.1 Å². The van der Waals surface area contributed by atoms with Crippen molar-refractivity contribution in [2.75, 3.05) is 16.2 Å². The Morgan fingerprint density at radius 1 is 1.26 bits per heavy atom. The van der Waals surface area contributed by atoms with Crippen molar-refractivity contribution in [2.45, 2.75) is 20.0 Å². The van der Waals surface area contributed by atoms with Gasteiger partial charge in [0.05, 0.1) is 22.4 Å². The van der Waals surface area contributed by atoms with E-state index in [1.54, 1.807) is 38.1 Å². The van der Waals surface area contributed by atoms with Gasteiger partial charge in [0.1, 0.15) is 11.9 Å². The van der Waals surface area contributed by atoms with Gasteiger partial charge < -0.3 is 14.9 Å². The van der Waals surface area contributed by atoms with E-state index in [1.807, 2.05) is 0 Å². The average molecular weight is 524 g/mol. The van der Waals surface area contributed by atoms with Crippen LogP contribution < -0.4 is 15.2 Å². The van der Waals surface area contributed by atoms with Crippen LogP contribution in [0.25, 0.3) is 22.1 Å². The number of halogens is 3. The van der Waals surface area contributed by atoms with Gasteiger partial charge >= 0.3 is 0 Å². The standard InChI is InChI=1S/C23H20Cl2FN3O4S/c1-3-34(30,31)29-14-6-4-5-13(9-14)16-11-32-21-15(16)10-28-23(27)22(21)33-12(2)19-17(24)7-8-18(26)20(19)25/h4-12,29H,3H2,1-2H3,(H2,27,28). The largest absolute Gasteiger partial charge is 0.478 e. The van der Waals surface area contributed by atoms with Gasteiger partial charge in [-0.3, -0.25) is 4.72 Å². The zero-order chi connectivity index (χ0) is 24.6. The Hall–Kier alpha value is -3.01. The zero-order valence-electron chi connectivity index (χ0n) is 18.1. The number of furan rings is 1. The number of fused-ring (bicyclic) bond motifs is 1. The Labute approximate surface area is 205 Å². The number of hydrogen-bond donors (Lipinski definition) is 2. The highest BCUT2D eigenvalue weighted by molar-refractivity contribution is 7.92. The maximum Gasteiger partial charge on any atom is 0.232 e. The van der Waals surface area contributed by atoms with E-state index in [0.29, 0.717) is 27.8 Å². The minimum Gasteiger partial charge on any atom is -0.478 e. The molecule has 0 aliphatic heterocycles. The van der Waals surface area contributed by atoms with Gasteiger partial charge in [0.25, 0.3) is 0 Å². The molecule has 2 aromatic carbocycles. The molecule has 178 valence electrons. The number of nitrogens with one attached hydrogen (secondary N) is 1. The molecule has 7 nitrogen and oxygen atoms in total. The number of nitrogen functional groups attached to an aromatic ring is 1. The second-order valence-electron chi connectivity index (χ2n) is 7.47. The molecule has 4 aromatic rings. The fraction of sp³-hybridized carbons (Fsp3) is 0.174. The van der Waals surface area contributed by atoms with Crippen LogP contribution in [0.15, 0.2) is 53.3 Å². The van der Waals surface area contributed by atoms with Crippen LogP contribution in [-0.2, 0) is 10.0 Å². The van der Waals surface area contributed by atoms with Crippen LogP contribution in [0.1, 0.15) is 25.5 Å². The lowest BCUT2D eigenvalue weighted by atomic mass is 10.1. The van der Waals surface area contributed by atoms with Crippen molar-refractivity contribution >= 4 is 55.7 Å². The zero-order valence-corrected chi connectivity index (χ0v) is 20.4. The van der Waals surface area contributed by atoms with Gasteiger partial charge in [-0.05, 0) is 43.7 Å². The molecule has 34 heavy (non-hydrogen) atoms. The second kappa shape index (κ2) is 9.32. The molecule has 0 amide bonds. The van der Waals surface area contributed by atoms with Crippen molar-refractivity contribution < 1.29 is 22.0 Å². The lowest BCUT2D eigenvalue weighted by Crippen LogP contribution is -2.14. The summed E-state index contributed by atoms with van der Waals surface area (Å²) in [6.07, 6.45) is 2.26. The molecule has 2 aromatic heterocycles. The number of aromatic nitrogens is 1. The number of sulfonamides is 1. The third-order valence-corrected chi connectivity index (χ3v) is 7.23. The average Bonchev–Trinajstić information content (AvgIpc) is 3.23. The van der Waals surface area contributed by atoms with Crippen LogP contribution in [0.4, 0.5) is 15.9 Å². The number of nitrogens with two attached hydrogens (primary N) is 1. The molecule has 0 bridgehead atoms. The van der Waals surface area contributed by atoms with E-state index in [1.165, 1.54) is 24.6 Å². The smallest absolute Gasteiger partial charge is 0.232 e. The predicted molar refractivity (Wildman–Crippen MR) is 132 cm³/mol. The molecule has 0 saturated heterocycles. The van der Waals surface area contributed by atoms with Crippen LogP contribution in [-0.4, -0.2) is 19.2 Å². The molecule has 0 radical (unpaired) electrons. The van der Waals surface area contributed by atoms with Crippen molar-refractivity contribution in [1.29, 1.82) is 0 Å². The highest BCUT2D eigenvalue weighted by Gasteiger charge is 2.23. The fourth-order valence-corrected chi connectivity index (χ4v) is 4.78. The molecular weight excluding hydrogens is 504 g/mol. The first-order valence-corrected chi connectivity index (χ1v) is 12.6. The van der Waals surface area contributed by atoms with Gasteiger partial charge in [-0.1, -0.05) is 35.3 Å². The van der Waals surface area contributed by atoms with Crippen LogP contribution in [0, 0.1) is 5.82 Å².